The van der Waals surface area contributed by atoms with E-state index in [1.807, 2.05) is 32.0 Å². The van der Waals surface area contributed by atoms with Crippen molar-refractivity contribution in [3.05, 3.63) is 57.0 Å². The first-order valence-electron chi connectivity index (χ1n) is 11.3. The Hall–Kier alpha value is -3.94. The standard InChI is InChI=1S/C26H27N3O5/c1-13(2)12-33-18-9-6-15(10-20(18)32-5)21-22-25(29(14(3)4)28-26(22)31)27-23-17-8-7-16(30)11-19(17)34-24(21)23/h6-11,13-14,27H,12H2,1-5H3,(H,28,31). The van der Waals surface area contributed by atoms with Crippen molar-refractivity contribution >= 4 is 33.1 Å². The van der Waals surface area contributed by atoms with E-state index in [-0.39, 0.29) is 17.0 Å². The molecule has 5 aromatic rings. The average Bonchev–Trinajstić information content (AvgIpc) is 3.33. The van der Waals surface area contributed by atoms with Gasteiger partial charge in [0.05, 0.1) is 24.6 Å². The molecule has 0 unspecified atom stereocenters. The molecule has 5 rings (SSSR count). The second-order valence-electron chi connectivity index (χ2n) is 9.16. The molecule has 0 aliphatic heterocycles. The van der Waals surface area contributed by atoms with Crippen molar-refractivity contribution in [2.75, 3.05) is 13.7 Å². The molecule has 0 aliphatic carbocycles. The Bertz CT molecular complexity index is 1650. The second-order valence-corrected chi connectivity index (χ2v) is 9.16. The van der Waals surface area contributed by atoms with Crippen molar-refractivity contribution in [1.29, 1.82) is 0 Å². The molecule has 34 heavy (non-hydrogen) atoms. The Morgan fingerprint density at radius 1 is 1.03 bits per heavy atom. The first kappa shape index (κ1) is 21.9. The van der Waals surface area contributed by atoms with Crippen LogP contribution in [-0.4, -0.2) is 28.5 Å². The van der Waals surface area contributed by atoms with Crippen LogP contribution in [0.15, 0.2) is 50.4 Å². The number of pyridine rings is 1. The van der Waals surface area contributed by atoms with Crippen molar-refractivity contribution in [1.82, 2.24) is 14.8 Å². The fraction of sp³-hybridized carbons (Fsp3) is 0.308. The van der Waals surface area contributed by atoms with E-state index < -0.39 is 0 Å². The topological polar surface area (TPSA) is 102 Å². The molecular weight excluding hydrogens is 434 g/mol. The number of hydrogen-bond donors (Lipinski definition) is 2. The summed E-state index contributed by atoms with van der Waals surface area (Å²) in [5.41, 5.74) is 3.31. The zero-order chi connectivity index (χ0) is 24.1. The average molecular weight is 462 g/mol. The van der Waals surface area contributed by atoms with E-state index in [4.69, 9.17) is 13.9 Å². The third-order valence-electron chi connectivity index (χ3n) is 5.85. The number of benzene rings is 2. The maximum absolute atomic E-state index is 13.2. The Kier molecular flexibility index (Phi) is 5.23. The van der Waals surface area contributed by atoms with Gasteiger partial charge in [0.1, 0.15) is 11.2 Å². The molecule has 2 N–H and O–H groups in total. The molecule has 0 aliphatic rings. The highest BCUT2D eigenvalue weighted by molar-refractivity contribution is 6.14. The highest BCUT2D eigenvalue weighted by Gasteiger charge is 2.23. The predicted molar refractivity (Wildman–Crippen MR) is 133 cm³/mol. The number of furan rings is 1. The Morgan fingerprint density at radius 3 is 2.53 bits per heavy atom. The number of H-pyrrole nitrogens is 2. The Morgan fingerprint density at radius 2 is 1.82 bits per heavy atom. The molecule has 3 heterocycles. The minimum atomic E-state index is -0.235. The monoisotopic (exact) mass is 461 g/mol. The highest BCUT2D eigenvalue weighted by atomic mass is 16.5. The lowest BCUT2D eigenvalue weighted by atomic mass is 10.0. The summed E-state index contributed by atoms with van der Waals surface area (Å²) >= 11 is 0. The zero-order valence-electron chi connectivity index (χ0n) is 19.8. The van der Waals surface area contributed by atoms with Gasteiger partial charge in [-0.3, -0.25) is 19.4 Å². The molecule has 0 spiro atoms. The smallest absolute Gasteiger partial charge is 0.274 e. The summed E-state index contributed by atoms with van der Waals surface area (Å²) < 4.78 is 19.5. The van der Waals surface area contributed by atoms with Crippen LogP contribution in [0.1, 0.15) is 33.7 Å². The molecule has 8 nitrogen and oxygen atoms in total. The number of hydrogen-bond acceptors (Lipinski definition) is 5. The van der Waals surface area contributed by atoms with E-state index in [1.54, 1.807) is 17.9 Å². The summed E-state index contributed by atoms with van der Waals surface area (Å²) in [6.45, 7) is 8.70. The van der Waals surface area contributed by atoms with Gasteiger partial charge in [0.25, 0.3) is 5.56 Å². The normalized spacial score (nSPS) is 12.0. The van der Waals surface area contributed by atoms with Crippen LogP contribution in [-0.2, 0) is 0 Å². The lowest BCUT2D eigenvalue weighted by Gasteiger charge is -2.14. The molecule has 3 aromatic heterocycles. The van der Waals surface area contributed by atoms with Gasteiger partial charge in [0, 0.05) is 23.1 Å². The van der Waals surface area contributed by atoms with E-state index in [2.05, 4.69) is 23.9 Å². The number of aromatic nitrogens is 3. The number of rotatable bonds is 6. The molecule has 8 heteroatoms. The summed E-state index contributed by atoms with van der Waals surface area (Å²) in [5.74, 6) is 1.55. The van der Waals surface area contributed by atoms with Crippen molar-refractivity contribution in [3.63, 3.8) is 0 Å². The molecule has 0 atom stereocenters. The van der Waals surface area contributed by atoms with Crippen molar-refractivity contribution in [2.24, 2.45) is 5.92 Å². The minimum Gasteiger partial charge on any atom is -0.493 e. The van der Waals surface area contributed by atoms with Gasteiger partial charge >= 0.3 is 0 Å². The summed E-state index contributed by atoms with van der Waals surface area (Å²) in [7, 11) is 1.59. The predicted octanol–water partition coefficient (Wildman–Crippen LogP) is 5.21. The van der Waals surface area contributed by atoms with Crippen LogP contribution in [0.25, 0.3) is 44.2 Å². The van der Waals surface area contributed by atoms with Gasteiger partial charge in [0.15, 0.2) is 22.5 Å². The van der Waals surface area contributed by atoms with E-state index in [0.717, 1.165) is 10.9 Å². The van der Waals surface area contributed by atoms with Crippen LogP contribution in [0.2, 0.25) is 0 Å². The van der Waals surface area contributed by atoms with E-state index in [1.165, 1.54) is 12.1 Å². The lowest BCUT2D eigenvalue weighted by molar-refractivity contribution is 0.257. The Balaban J connectivity index is 1.87. The highest BCUT2D eigenvalue weighted by Crippen LogP contribution is 2.41. The third kappa shape index (κ3) is 3.46. The van der Waals surface area contributed by atoms with Crippen molar-refractivity contribution in [2.45, 2.75) is 33.7 Å². The number of fused-ring (bicyclic) bond motifs is 4. The molecule has 176 valence electrons. The summed E-state index contributed by atoms with van der Waals surface area (Å²) in [4.78, 5) is 28.5. The van der Waals surface area contributed by atoms with Crippen molar-refractivity contribution in [3.8, 4) is 22.6 Å². The molecule has 0 fully saturated rings. The van der Waals surface area contributed by atoms with Gasteiger partial charge in [-0.2, -0.15) is 0 Å². The molecule has 0 bridgehead atoms. The number of nitrogens with zero attached hydrogens (tertiary/aromatic N) is 1. The molecule has 2 aromatic carbocycles. The SMILES string of the molecule is COc1cc(-c2c3oc4cc(=O)ccc4c3[nH]c3c2c(=O)[nH]n3C(C)C)ccc1OCC(C)C. The third-order valence-corrected chi connectivity index (χ3v) is 5.85. The molecule has 0 saturated carbocycles. The van der Waals surface area contributed by atoms with Crippen LogP contribution in [0.5, 0.6) is 11.5 Å². The van der Waals surface area contributed by atoms with Gasteiger partial charge in [0.2, 0.25) is 0 Å². The van der Waals surface area contributed by atoms with Crippen LogP contribution >= 0.6 is 0 Å². The molecular formula is C26H27N3O5. The maximum atomic E-state index is 13.2. The molecule has 0 radical (unpaired) electrons. The zero-order valence-corrected chi connectivity index (χ0v) is 19.8. The number of methoxy groups -OCH3 is 1. The second kappa shape index (κ2) is 8.13. The fourth-order valence-corrected chi connectivity index (χ4v) is 4.27. The van der Waals surface area contributed by atoms with Gasteiger partial charge in [-0.15, -0.1) is 0 Å². The molecule has 0 saturated heterocycles. The summed E-state index contributed by atoms with van der Waals surface area (Å²) in [5, 5.41) is 4.18. The van der Waals surface area contributed by atoms with Gasteiger partial charge < -0.3 is 18.9 Å². The molecule has 0 amide bonds. The van der Waals surface area contributed by atoms with Crippen LogP contribution in [0.3, 0.4) is 0 Å². The van der Waals surface area contributed by atoms with E-state index >= 15 is 0 Å². The van der Waals surface area contributed by atoms with E-state index in [9.17, 15) is 9.59 Å². The fourth-order valence-electron chi connectivity index (χ4n) is 4.27. The number of ether oxygens (including phenoxy) is 2. The number of aromatic amines is 2. The van der Waals surface area contributed by atoms with Gasteiger partial charge in [-0.25, -0.2) is 0 Å². The van der Waals surface area contributed by atoms with Crippen LogP contribution in [0.4, 0.5) is 0 Å². The van der Waals surface area contributed by atoms with E-state index in [0.29, 0.717) is 57.3 Å². The van der Waals surface area contributed by atoms with Crippen molar-refractivity contribution < 1.29 is 13.9 Å². The first-order chi connectivity index (χ1) is 16.3. The first-order valence-corrected chi connectivity index (χ1v) is 11.3. The van der Waals surface area contributed by atoms with Crippen LogP contribution in [0, 0.1) is 5.92 Å². The number of nitrogens with one attached hydrogen (secondary N) is 2. The summed E-state index contributed by atoms with van der Waals surface area (Å²) in [6, 6.07) is 10.3. The maximum Gasteiger partial charge on any atom is 0.274 e. The van der Waals surface area contributed by atoms with Gasteiger partial charge in [-0.1, -0.05) is 19.9 Å². The Labute approximate surface area is 195 Å². The van der Waals surface area contributed by atoms with Crippen LogP contribution < -0.4 is 20.5 Å². The quantitative estimate of drug-likeness (QED) is 0.361. The summed E-state index contributed by atoms with van der Waals surface area (Å²) in [6.07, 6.45) is 0. The van der Waals surface area contributed by atoms with Gasteiger partial charge in [-0.05, 0) is 49.6 Å². The lowest BCUT2D eigenvalue weighted by Crippen LogP contribution is -2.07. The minimum absolute atomic E-state index is 0.0134. The largest absolute Gasteiger partial charge is 0.493 e.